The molecule has 0 spiro atoms. The van der Waals surface area contributed by atoms with E-state index in [1.54, 1.807) is 60.4 Å². The number of fused-ring (bicyclic) bond motifs is 2. The molecule has 0 atom stereocenters. The van der Waals surface area contributed by atoms with E-state index in [0.717, 1.165) is 72.9 Å². The van der Waals surface area contributed by atoms with Crippen LogP contribution >= 0.6 is 12.4 Å². The molecule has 18 heteroatoms. The van der Waals surface area contributed by atoms with E-state index in [-0.39, 0.29) is 55.0 Å². The lowest BCUT2D eigenvalue weighted by Crippen LogP contribution is -2.24. The number of nitrogens with zero attached hydrogens (tertiary/aromatic N) is 5. The van der Waals surface area contributed by atoms with Crippen LogP contribution in [0.3, 0.4) is 0 Å². The Morgan fingerprint density at radius 3 is 1.20 bits per heavy atom. The Kier molecular flexibility index (Phi) is 27.0. The van der Waals surface area contributed by atoms with E-state index in [1.165, 1.54) is 18.2 Å². The number of carbonyl (C=O) groups excluding carboxylic acids is 5. The maximum absolute atomic E-state index is 12.7. The summed E-state index contributed by atoms with van der Waals surface area (Å²) in [5, 5.41) is 11.6. The van der Waals surface area contributed by atoms with Gasteiger partial charge in [0.15, 0.2) is 0 Å². The van der Waals surface area contributed by atoms with Crippen molar-refractivity contribution in [1.29, 1.82) is 0 Å². The highest BCUT2D eigenvalue weighted by atomic mass is 35.5. The lowest BCUT2D eigenvalue weighted by atomic mass is 10.1. The van der Waals surface area contributed by atoms with Crippen LogP contribution in [0.4, 0.5) is 11.6 Å². The van der Waals surface area contributed by atoms with Crippen LogP contribution in [0.2, 0.25) is 0 Å². The van der Waals surface area contributed by atoms with E-state index in [4.69, 9.17) is 14.2 Å². The largest absolute Gasteiger partial charge is 0.493 e. The second-order valence-corrected chi connectivity index (χ2v) is 21.6. The molecule has 5 aromatic rings. The fourth-order valence-electron chi connectivity index (χ4n) is 8.34. The van der Waals surface area contributed by atoms with Gasteiger partial charge in [0.05, 0.1) is 32.9 Å². The predicted octanol–water partition coefficient (Wildman–Crippen LogP) is 9.87. The van der Waals surface area contributed by atoms with Crippen molar-refractivity contribution in [1.82, 2.24) is 35.3 Å². The maximum atomic E-state index is 12.7. The smallest absolute Gasteiger partial charge is 0.246 e. The summed E-state index contributed by atoms with van der Waals surface area (Å²) in [6.45, 7) is 27.2. The van der Waals surface area contributed by atoms with Gasteiger partial charge in [0.2, 0.25) is 29.5 Å². The number of benzene rings is 3. The fraction of sp³-hybridized carbons (Fsp3) is 0.391. The molecule has 5 amide bonds. The molecule has 440 valence electrons. The van der Waals surface area contributed by atoms with E-state index in [9.17, 15) is 24.0 Å². The molecule has 4 N–H and O–H groups in total. The van der Waals surface area contributed by atoms with Crippen LogP contribution in [-0.4, -0.2) is 108 Å². The number of hydrogen-bond donors (Lipinski definition) is 4. The lowest BCUT2D eigenvalue weighted by Gasteiger charge is -2.20. The number of aryl methyl sites for hydroxylation is 3. The minimum atomic E-state index is -0.113. The van der Waals surface area contributed by atoms with Gasteiger partial charge in [0.1, 0.15) is 28.9 Å². The molecule has 2 aromatic heterocycles. The van der Waals surface area contributed by atoms with Crippen molar-refractivity contribution < 1.29 is 38.2 Å². The maximum Gasteiger partial charge on any atom is 0.246 e. The second kappa shape index (κ2) is 33.2. The van der Waals surface area contributed by atoms with Crippen molar-refractivity contribution in [2.45, 2.75) is 95.0 Å². The molecule has 0 aliphatic carbocycles. The highest BCUT2D eigenvalue weighted by Gasteiger charge is 2.18. The van der Waals surface area contributed by atoms with Crippen LogP contribution in [0.15, 0.2) is 104 Å². The zero-order chi connectivity index (χ0) is 59.2. The Morgan fingerprint density at radius 2 is 0.878 bits per heavy atom. The summed E-state index contributed by atoms with van der Waals surface area (Å²) >= 11 is 0. The van der Waals surface area contributed by atoms with Crippen molar-refractivity contribution in [3.8, 4) is 17.2 Å². The number of rotatable bonds is 20. The summed E-state index contributed by atoms with van der Waals surface area (Å²) in [6, 6.07) is 21.8. The molecule has 4 heterocycles. The monoisotopic (exact) mass is 1140 g/mol. The van der Waals surface area contributed by atoms with Crippen LogP contribution in [0.5, 0.6) is 17.2 Å². The molecule has 0 unspecified atom stereocenters. The molecule has 17 nitrogen and oxygen atoms in total. The zero-order valence-electron chi connectivity index (χ0n) is 49.8. The van der Waals surface area contributed by atoms with Crippen LogP contribution in [0.25, 0.3) is 12.2 Å². The van der Waals surface area contributed by atoms with Crippen molar-refractivity contribution in [3.63, 3.8) is 0 Å². The molecular weight excluding hydrogens is 1060 g/mol. The number of likely N-dealkylation sites (N-methyl/N-ethyl adjacent to an activating group) is 3. The van der Waals surface area contributed by atoms with E-state index in [1.807, 2.05) is 87.5 Å². The Bertz CT molecular complexity index is 2890. The van der Waals surface area contributed by atoms with Gasteiger partial charge < -0.3 is 50.2 Å². The van der Waals surface area contributed by atoms with Crippen LogP contribution in [-0.2, 0) is 56.7 Å². The number of ether oxygens (including phenoxy) is 3. The van der Waals surface area contributed by atoms with Crippen LogP contribution in [0.1, 0.15) is 97.2 Å². The Labute approximate surface area is 491 Å². The molecule has 82 heavy (non-hydrogen) atoms. The van der Waals surface area contributed by atoms with Crippen molar-refractivity contribution >= 4 is 65.7 Å². The predicted molar refractivity (Wildman–Crippen MR) is 329 cm³/mol. The third-order valence-corrected chi connectivity index (χ3v) is 12.6. The molecule has 0 saturated carbocycles. The van der Waals surface area contributed by atoms with Gasteiger partial charge in [-0.25, -0.2) is 9.97 Å². The zero-order valence-corrected chi connectivity index (χ0v) is 50.6. The first-order valence-corrected chi connectivity index (χ1v) is 27.5. The molecule has 0 radical (unpaired) electrons. The topological polar surface area (TPSA) is 197 Å². The van der Waals surface area contributed by atoms with Gasteiger partial charge in [-0.05, 0) is 96.7 Å². The number of carbonyl (C=O) groups is 5. The second-order valence-electron chi connectivity index (χ2n) is 21.6. The third kappa shape index (κ3) is 21.2. The summed E-state index contributed by atoms with van der Waals surface area (Å²) in [5.41, 5.74) is 9.59. The van der Waals surface area contributed by atoms with Crippen LogP contribution < -0.4 is 35.5 Å². The summed E-state index contributed by atoms with van der Waals surface area (Å²) in [6.07, 6.45) is 11.2. The van der Waals surface area contributed by atoms with Crippen molar-refractivity contribution in [2.24, 2.45) is 17.8 Å². The quantitative estimate of drug-likeness (QED) is 0.0540. The number of anilines is 2. The van der Waals surface area contributed by atoms with E-state index < -0.39 is 0 Å². The molecule has 0 saturated heterocycles. The normalized spacial score (nSPS) is 12.7. The molecule has 0 bridgehead atoms. The summed E-state index contributed by atoms with van der Waals surface area (Å²) in [5.74, 6) is 4.49. The molecule has 2 aliphatic rings. The van der Waals surface area contributed by atoms with Gasteiger partial charge in [-0.15, -0.1) is 12.4 Å². The van der Waals surface area contributed by atoms with Gasteiger partial charge in [0.25, 0.3) is 0 Å². The highest BCUT2D eigenvalue weighted by molar-refractivity contribution is 5.95. The van der Waals surface area contributed by atoms with E-state index >= 15 is 0 Å². The molecule has 3 aromatic carbocycles. The highest BCUT2D eigenvalue weighted by Crippen LogP contribution is 2.28. The minimum absolute atomic E-state index is 0. The molecule has 2 aliphatic heterocycles. The van der Waals surface area contributed by atoms with E-state index in [0.29, 0.717) is 81.9 Å². The number of halogens is 1. The number of aromatic nitrogens is 2. The van der Waals surface area contributed by atoms with Gasteiger partial charge in [0, 0.05) is 106 Å². The number of amides is 5. The average Bonchev–Trinajstić information content (AvgIpc) is 3.88. The molecular formula is C64H84ClN9O8. The number of para-hydroxylation sites is 3. The van der Waals surface area contributed by atoms with Crippen molar-refractivity contribution in [3.05, 3.63) is 160 Å². The Morgan fingerprint density at radius 1 is 0.549 bits per heavy atom. The summed E-state index contributed by atoms with van der Waals surface area (Å²) in [7, 11) is 5.31. The Hall–Kier alpha value is -7.86. The van der Waals surface area contributed by atoms with Gasteiger partial charge in [-0.2, -0.15) is 0 Å². The molecule has 0 fully saturated rings. The number of hydrogen-bond acceptors (Lipinski definition) is 12. The van der Waals surface area contributed by atoms with E-state index in [2.05, 4.69) is 79.4 Å². The van der Waals surface area contributed by atoms with Crippen LogP contribution in [0, 0.1) is 38.5 Å². The molecule has 7 rings (SSSR count). The van der Waals surface area contributed by atoms with Gasteiger partial charge in [-0.1, -0.05) is 103 Å². The standard InChI is InChI=1S/2C24H30N4O3.C16H23NO2.ClH/c2*1-16(2)15-31-23-17(3)6-5-7-19(23)14-28(4)22(30)9-8-18-10-20-12-25-13-21(29)27-24(20)26-11-18;1-6-15(18)17(5)10-14-9-7-8-13(4)16(14)19-11-12(2)3;/h2*5-11,16,25H,12-15H2,1-4H3,(H,26,27,29);6-9,12H,1,10-11H2,2-5H3;1H/b2*9-8+;;. The average molecular weight is 1140 g/mol. The summed E-state index contributed by atoms with van der Waals surface area (Å²) in [4.78, 5) is 73.7. The van der Waals surface area contributed by atoms with Gasteiger partial charge in [-0.3, -0.25) is 24.0 Å². The fourth-order valence-corrected chi connectivity index (χ4v) is 8.34. The van der Waals surface area contributed by atoms with Crippen molar-refractivity contribution in [2.75, 3.05) is 64.7 Å². The summed E-state index contributed by atoms with van der Waals surface area (Å²) < 4.78 is 17.9. The first-order chi connectivity index (χ1) is 38.6. The number of pyridine rings is 2. The number of nitrogens with one attached hydrogen (secondary N) is 4. The SMILES string of the molecule is C=CC(=O)N(C)Cc1cccc(C)c1OCC(C)C.Cc1cccc(CN(C)C(=O)/C=C/c2cnc3c(c2)CNCC(=O)N3)c1OCC(C)C.Cc1cccc(CN(C)C(=O)/C=C/c2cnc3c(c2)CNCC(=O)N3)c1OCC(C)C.Cl. The van der Waals surface area contributed by atoms with Gasteiger partial charge >= 0.3 is 0 Å². The minimum Gasteiger partial charge on any atom is -0.493 e. The first kappa shape index (κ1) is 66.7. The lowest BCUT2D eigenvalue weighted by molar-refractivity contribution is -0.126. The Balaban J connectivity index is 0.000000271. The first-order valence-electron chi connectivity index (χ1n) is 27.5. The third-order valence-electron chi connectivity index (χ3n) is 12.6.